The summed E-state index contributed by atoms with van der Waals surface area (Å²) in [6, 6.07) is 9.38. The molecule has 3 aromatic rings. The Morgan fingerprint density at radius 1 is 1.08 bits per heavy atom. The van der Waals surface area contributed by atoms with E-state index in [0.717, 1.165) is 16.5 Å². The van der Waals surface area contributed by atoms with Crippen LogP contribution < -0.4 is 5.56 Å². The third-order valence-corrected chi connectivity index (χ3v) is 9.70. The fraction of sp³-hybridized carbons (Fsp3) is 0.444. The molecule has 0 radical (unpaired) electrons. The number of pyridine rings is 2. The largest absolute Gasteiger partial charge is 0.463 e. The Labute approximate surface area is 290 Å². The SMILES string of the molecule is CC[C@@]1(OC(=O)CCCBr)C(=O)CCc2c1cc1n(c2=O)Cc2c-1nc1ccccc1c2CO[C@@H]1C=C[C@H](OC(C)=O)[C@@H](COC(C)=O)O1. The molecule has 2 aromatic heterocycles. The molecule has 0 unspecified atom stereocenters. The maximum absolute atomic E-state index is 14.1. The fourth-order valence-corrected chi connectivity index (χ4v) is 7.09. The maximum atomic E-state index is 14.1. The van der Waals surface area contributed by atoms with E-state index in [1.54, 1.807) is 29.7 Å². The van der Waals surface area contributed by atoms with Crippen LogP contribution in [0.25, 0.3) is 22.3 Å². The average molecular weight is 738 g/mol. The number of carbonyl (C=O) groups is 4. The van der Waals surface area contributed by atoms with Crippen LogP contribution in [-0.4, -0.2) is 63.7 Å². The predicted octanol–water partition coefficient (Wildman–Crippen LogP) is 4.56. The fourth-order valence-electron chi connectivity index (χ4n) is 6.81. The number of halogens is 1. The first-order chi connectivity index (χ1) is 23.6. The lowest BCUT2D eigenvalue weighted by Gasteiger charge is -2.36. The quantitative estimate of drug-likeness (QED) is 0.0924. The van der Waals surface area contributed by atoms with Gasteiger partial charge in [-0.3, -0.25) is 24.0 Å². The summed E-state index contributed by atoms with van der Waals surface area (Å²) < 4.78 is 30.4. The first-order valence-corrected chi connectivity index (χ1v) is 17.4. The number of ether oxygens (including phenoxy) is 5. The van der Waals surface area contributed by atoms with E-state index in [0.29, 0.717) is 39.8 Å². The van der Waals surface area contributed by atoms with Crippen molar-refractivity contribution in [3.05, 3.63) is 75.1 Å². The minimum Gasteiger partial charge on any atom is -0.463 e. The molecule has 0 spiro atoms. The van der Waals surface area contributed by atoms with Gasteiger partial charge in [-0.05, 0) is 49.1 Å². The second kappa shape index (κ2) is 14.3. The van der Waals surface area contributed by atoms with Gasteiger partial charge in [0.05, 0.1) is 30.1 Å². The lowest BCUT2D eigenvalue weighted by molar-refractivity contribution is -0.200. The Balaban J connectivity index is 1.37. The van der Waals surface area contributed by atoms with Crippen molar-refractivity contribution in [2.75, 3.05) is 11.9 Å². The van der Waals surface area contributed by atoms with Gasteiger partial charge in [-0.25, -0.2) is 4.98 Å². The first kappa shape index (κ1) is 34.7. The normalized spacial score (nSPS) is 22.3. The predicted molar refractivity (Wildman–Crippen MR) is 180 cm³/mol. The molecule has 0 fully saturated rings. The van der Waals surface area contributed by atoms with Gasteiger partial charge in [-0.1, -0.05) is 41.1 Å². The van der Waals surface area contributed by atoms with Gasteiger partial charge in [0.2, 0.25) is 0 Å². The number of alkyl halides is 1. The van der Waals surface area contributed by atoms with Gasteiger partial charge < -0.3 is 28.3 Å². The highest BCUT2D eigenvalue weighted by Crippen LogP contribution is 2.43. The first-order valence-electron chi connectivity index (χ1n) is 16.3. The van der Waals surface area contributed by atoms with Crippen molar-refractivity contribution in [2.24, 2.45) is 0 Å². The lowest BCUT2D eigenvalue weighted by atomic mass is 9.76. The van der Waals surface area contributed by atoms with E-state index in [9.17, 15) is 24.0 Å². The molecule has 13 heteroatoms. The van der Waals surface area contributed by atoms with Crippen molar-refractivity contribution in [3.63, 3.8) is 0 Å². The van der Waals surface area contributed by atoms with Gasteiger partial charge in [-0.15, -0.1) is 0 Å². The van der Waals surface area contributed by atoms with Crippen molar-refractivity contribution in [2.45, 2.75) is 90.1 Å². The van der Waals surface area contributed by atoms with E-state index in [4.69, 9.17) is 28.7 Å². The van der Waals surface area contributed by atoms with Gasteiger partial charge >= 0.3 is 17.9 Å². The number of nitrogens with zero attached hydrogens (tertiary/aromatic N) is 2. The molecule has 258 valence electrons. The number of Topliss-reactive ketones (excluding diaryl/α,β-unsaturated/α-hetero) is 1. The van der Waals surface area contributed by atoms with E-state index in [1.165, 1.54) is 13.8 Å². The highest BCUT2D eigenvalue weighted by Gasteiger charge is 2.48. The van der Waals surface area contributed by atoms with Crippen molar-refractivity contribution < 1.29 is 42.9 Å². The number of hydrogen-bond acceptors (Lipinski definition) is 11. The monoisotopic (exact) mass is 736 g/mol. The third-order valence-electron chi connectivity index (χ3n) is 9.14. The van der Waals surface area contributed by atoms with E-state index in [-0.39, 0.29) is 56.8 Å². The van der Waals surface area contributed by atoms with Gasteiger partial charge in [0.25, 0.3) is 5.56 Å². The number of rotatable bonds is 11. The van der Waals surface area contributed by atoms with Crippen LogP contribution in [-0.2, 0) is 68.0 Å². The zero-order chi connectivity index (χ0) is 34.9. The minimum atomic E-state index is -1.55. The van der Waals surface area contributed by atoms with E-state index >= 15 is 0 Å². The molecule has 4 atom stereocenters. The highest BCUT2D eigenvalue weighted by molar-refractivity contribution is 9.09. The molecule has 0 bridgehead atoms. The summed E-state index contributed by atoms with van der Waals surface area (Å²) in [4.78, 5) is 68.7. The topological polar surface area (TPSA) is 149 Å². The molecule has 49 heavy (non-hydrogen) atoms. The molecule has 0 saturated carbocycles. The molecule has 0 saturated heterocycles. The number of para-hydroxylation sites is 1. The summed E-state index contributed by atoms with van der Waals surface area (Å²) in [6.07, 6.45) is 2.13. The summed E-state index contributed by atoms with van der Waals surface area (Å²) in [7, 11) is 0. The molecule has 4 heterocycles. The molecule has 0 amide bonds. The summed E-state index contributed by atoms with van der Waals surface area (Å²) in [6.45, 7) is 4.52. The van der Waals surface area contributed by atoms with Crippen LogP contribution in [0.3, 0.4) is 0 Å². The van der Waals surface area contributed by atoms with Crippen LogP contribution in [0.15, 0.2) is 47.3 Å². The number of carbonyl (C=O) groups excluding carboxylic acids is 4. The Hall–Kier alpha value is -4.20. The maximum Gasteiger partial charge on any atom is 0.307 e. The van der Waals surface area contributed by atoms with Crippen LogP contribution in [0.5, 0.6) is 0 Å². The van der Waals surface area contributed by atoms with Crippen molar-refractivity contribution >= 4 is 50.5 Å². The lowest BCUT2D eigenvalue weighted by Crippen LogP contribution is -2.46. The van der Waals surface area contributed by atoms with Crippen molar-refractivity contribution in [1.82, 2.24) is 9.55 Å². The standard InChI is InChI=1S/C36H37BrN2O10/c1-4-36(49-32(43)10-7-15-37)26-16-28-34-24(17-39(28)35(44)23(26)11-13-31(36)42)25(22-8-5-6-9-27(22)38-34)18-46-33-14-12-29(47-21(3)41)30(48-33)19-45-20(2)40/h5-6,8-9,12,14,16,29-30,33H,4,7,10-11,13,15,17-19H2,1-3H3/t29-,30+,33-,36-/m0/s1. The smallest absolute Gasteiger partial charge is 0.307 e. The Morgan fingerprint density at radius 2 is 1.88 bits per heavy atom. The number of ketones is 1. The van der Waals surface area contributed by atoms with E-state index < -0.39 is 42.0 Å². The Morgan fingerprint density at radius 3 is 2.61 bits per heavy atom. The molecule has 1 aromatic carbocycles. The van der Waals surface area contributed by atoms with Crippen LogP contribution in [0.2, 0.25) is 0 Å². The zero-order valence-electron chi connectivity index (χ0n) is 27.5. The number of esters is 3. The van der Waals surface area contributed by atoms with Gasteiger partial charge in [0, 0.05) is 54.1 Å². The number of hydrogen-bond donors (Lipinski definition) is 0. The second-order valence-electron chi connectivity index (χ2n) is 12.2. The van der Waals surface area contributed by atoms with Crippen LogP contribution in [0.1, 0.15) is 68.7 Å². The Kier molecular flexibility index (Phi) is 10.1. The Bertz CT molecular complexity index is 1920. The van der Waals surface area contributed by atoms with E-state index in [1.807, 2.05) is 24.3 Å². The number of benzene rings is 1. The second-order valence-corrected chi connectivity index (χ2v) is 13.0. The third kappa shape index (κ3) is 6.71. The molecule has 2 aliphatic heterocycles. The summed E-state index contributed by atoms with van der Waals surface area (Å²) in [5, 5.41) is 1.45. The minimum absolute atomic E-state index is 0.0733. The van der Waals surface area contributed by atoms with Gasteiger partial charge in [0.1, 0.15) is 18.8 Å². The van der Waals surface area contributed by atoms with Crippen molar-refractivity contribution in [1.29, 1.82) is 0 Å². The van der Waals surface area contributed by atoms with Crippen molar-refractivity contribution in [3.8, 4) is 11.4 Å². The van der Waals surface area contributed by atoms with Crippen LogP contribution >= 0.6 is 15.9 Å². The van der Waals surface area contributed by atoms with Crippen LogP contribution in [0, 0.1) is 0 Å². The summed E-state index contributed by atoms with van der Waals surface area (Å²) >= 11 is 3.33. The average Bonchev–Trinajstić information content (AvgIpc) is 3.45. The molecule has 12 nitrogen and oxygen atoms in total. The summed E-state index contributed by atoms with van der Waals surface area (Å²) in [5.41, 5.74) is 2.49. The van der Waals surface area contributed by atoms with Crippen LogP contribution in [0.4, 0.5) is 0 Å². The summed E-state index contributed by atoms with van der Waals surface area (Å²) in [5.74, 6) is -1.71. The number of aromatic nitrogens is 2. The molecular formula is C36H37BrN2O10. The van der Waals surface area contributed by atoms with Gasteiger partial charge in [-0.2, -0.15) is 0 Å². The zero-order valence-corrected chi connectivity index (χ0v) is 29.1. The molecular weight excluding hydrogens is 700 g/mol. The molecule has 0 N–H and O–H groups in total. The van der Waals surface area contributed by atoms with Gasteiger partial charge in [0.15, 0.2) is 17.7 Å². The molecule has 6 rings (SSSR count). The van der Waals surface area contributed by atoms with E-state index in [2.05, 4.69) is 15.9 Å². The number of fused-ring (bicyclic) bond motifs is 5. The highest BCUT2D eigenvalue weighted by atomic mass is 79.9. The molecule has 3 aliphatic rings. The molecule has 1 aliphatic carbocycles.